The molecule has 0 radical (unpaired) electrons. The van der Waals surface area contributed by atoms with Crippen molar-refractivity contribution < 1.29 is 19.4 Å². The van der Waals surface area contributed by atoms with Crippen LogP contribution < -0.4 is 4.90 Å². The van der Waals surface area contributed by atoms with Crippen molar-refractivity contribution in [1.82, 2.24) is 0 Å². The summed E-state index contributed by atoms with van der Waals surface area (Å²) in [5.74, 6) is -0.970. The van der Waals surface area contributed by atoms with Crippen molar-refractivity contribution in [3.8, 4) is 0 Å². The van der Waals surface area contributed by atoms with Crippen LogP contribution in [0.25, 0.3) is 5.57 Å². The SMILES string of the molecule is CCCCCCCCCCOC(C)C(O)=C1C(=O)N(C(C)=O)c2ccccc21. The number of rotatable bonds is 11. The van der Waals surface area contributed by atoms with E-state index in [-0.39, 0.29) is 17.2 Å². The molecule has 2 amide bonds. The summed E-state index contributed by atoms with van der Waals surface area (Å²) in [7, 11) is 0. The summed E-state index contributed by atoms with van der Waals surface area (Å²) in [5.41, 5.74) is 1.24. The summed E-state index contributed by atoms with van der Waals surface area (Å²) in [6.07, 6.45) is 9.11. The molecule has 154 valence electrons. The van der Waals surface area contributed by atoms with E-state index in [2.05, 4.69) is 6.92 Å². The number of anilines is 1. The number of hydrogen-bond donors (Lipinski definition) is 1. The van der Waals surface area contributed by atoms with Crippen molar-refractivity contribution in [2.45, 2.75) is 78.2 Å². The standard InChI is InChI=1S/C23H33NO4/c1-4-5-6-7-8-9-10-13-16-28-17(2)22(26)21-19-14-11-12-15-20(19)24(18(3)25)23(21)27/h11-12,14-15,17,26H,4-10,13,16H2,1-3H3. The molecule has 1 aliphatic heterocycles. The Hall–Kier alpha value is -2.14. The largest absolute Gasteiger partial charge is 0.509 e. The van der Waals surface area contributed by atoms with Crippen molar-refractivity contribution in [3.05, 3.63) is 35.6 Å². The van der Waals surface area contributed by atoms with E-state index in [4.69, 9.17) is 4.74 Å². The van der Waals surface area contributed by atoms with Crippen LogP contribution in [-0.2, 0) is 14.3 Å². The molecule has 1 heterocycles. The zero-order valence-corrected chi connectivity index (χ0v) is 17.4. The van der Waals surface area contributed by atoms with Crippen LogP contribution in [0.15, 0.2) is 30.0 Å². The third-order valence-electron chi connectivity index (χ3n) is 5.15. The van der Waals surface area contributed by atoms with E-state index in [1.807, 2.05) is 0 Å². The topological polar surface area (TPSA) is 66.8 Å². The van der Waals surface area contributed by atoms with Crippen LogP contribution in [0.5, 0.6) is 0 Å². The summed E-state index contributed by atoms with van der Waals surface area (Å²) in [5, 5.41) is 10.7. The number of aliphatic hydroxyl groups excluding tert-OH is 1. The summed E-state index contributed by atoms with van der Waals surface area (Å²) in [4.78, 5) is 25.7. The van der Waals surface area contributed by atoms with Gasteiger partial charge < -0.3 is 9.84 Å². The smallest absolute Gasteiger partial charge is 0.269 e. The highest BCUT2D eigenvalue weighted by Crippen LogP contribution is 2.38. The van der Waals surface area contributed by atoms with Crippen LogP contribution in [0, 0.1) is 0 Å². The molecule has 0 aliphatic carbocycles. The first-order valence-electron chi connectivity index (χ1n) is 10.5. The van der Waals surface area contributed by atoms with Gasteiger partial charge in [0.25, 0.3) is 5.91 Å². The lowest BCUT2D eigenvalue weighted by Gasteiger charge is -2.15. The van der Waals surface area contributed by atoms with Gasteiger partial charge in [-0.25, -0.2) is 4.90 Å². The fraction of sp³-hybridized carbons (Fsp3) is 0.565. The molecule has 1 unspecified atom stereocenters. The van der Waals surface area contributed by atoms with Gasteiger partial charge in [0.15, 0.2) is 0 Å². The Kier molecular flexibility index (Phi) is 8.71. The van der Waals surface area contributed by atoms with Gasteiger partial charge in [0, 0.05) is 19.1 Å². The summed E-state index contributed by atoms with van der Waals surface area (Å²) < 4.78 is 5.76. The van der Waals surface area contributed by atoms with Crippen LogP contribution in [-0.4, -0.2) is 29.6 Å². The first-order chi connectivity index (χ1) is 13.5. The number of fused-ring (bicyclic) bond motifs is 1. The predicted octanol–water partition coefficient (Wildman–Crippen LogP) is 5.39. The fourth-order valence-electron chi connectivity index (χ4n) is 3.55. The number of hydrogen-bond acceptors (Lipinski definition) is 4. The average molecular weight is 388 g/mol. The molecule has 2 rings (SSSR count). The van der Waals surface area contributed by atoms with Crippen molar-refractivity contribution in [2.75, 3.05) is 11.5 Å². The molecule has 1 atom stereocenters. The normalized spacial score (nSPS) is 16.2. The van der Waals surface area contributed by atoms with Crippen LogP contribution in [0.1, 0.15) is 77.7 Å². The highest BCUT2D eigenvalue weighted by Gasteiger charge is 2.38. The van der Waals surface area contributed by atoms with E-state index < -0.39 is 12.0 Å². The Labute approximate surface area is 168 Å². The molecule has 0 saturated heterocycles. The minimum Gasteiger partial charge on any atom is -0.509 e. The Morgan fingerprint density at radius 1 is 1.07 bits per heavy atom. The quantitative estimate of drug-likeness (QED) is 0.314. The maximum absolute atomic E-state index is 12.7. The Bertz CT molecular complexity index is 710. The lowest BCUT2D eigenvalue weighted by Crippen LogP contribution is -2.31. The summed E-state index contributed by atoms with van der Waals surface area (Å²) in [6.45, 7) is 5.84. The van der Waals surface area contributed by atoms with Crippen LogP contribution in [0.3, 0.4) is 0 Å². The predicted molar refractivity (Wildman–Crippen MR) is 112 cm³/mol. The molecule has 1 aromatic rings. The summed E-state index contributed by atoms with van der Waals surface area (Å²) >= 11 is 0. The van der Waals surface area contributed by atoms with Gasteiger partial charge in [0.1, 0.15) is 11.9 Å². The van der Waals surface area contributed by atoms with Gasteiger partial charge in [-0.2, -0.15) is 0 Å². The molecule has 28 heavy (non-hydrogen) atoms. The second-order valence-corrected chi connectivity index (χ2v) is 7.42. The number of nitrogens with zero attached hydrogens (tertiary/aromatic N) is 1. The number of amides is 2. The van der Waals surface area contributed by atoms with Gasteiger partial charge in [0.05, 0.1) is 11.3 Å². The van der Waals surface area contributed by atoms with Gasteiger partial charge in [-0.1, -0.05) is 70.1 Å². The lowest BCUT2D eigenvalue weighted by atomic mass is 10.0. The van der Waals surface area contributed by atoms with E-state index >= 15 is 0 Å². The Balaban J connectivity index is 1.89. The van der Waals surface area contributed by atoms with Crippen LogP contribution >= 0.6 is 0 Å². The van der Waals surface area contributed by atoms with Crippen LogP contribution in [0.4, 0.5) is 5.69 Å². The van der Waals surface area contributed by atoms with Crippen molar-refractivity contribution in [2.24, 2.45) is 0 Å². The van der Waals surface area contributed by atoms with Crippen molar-refractivity contribution >= 4 is 23.1 Å². The van der Waals surface area contributed by atoms with Gasteiger partial charge in [-0.15, -0.1) is 0 Å². The molecule has 5 nitrogen and oxygen atoms in total. The highest BCUT2D eigenvalue weighted by atomic mass is 16.5. The minimum absolute atomic E-state index is 0.110. The molecule has 1 N–H and O–H groups in total. The molecule has 0 spiro atoms. The second-order valence-electron chi connectivity index (χ2n) is 7.42. The number of imide groups is 1. The van der Waals surface area contributed by atoms with Gasteiger partial charge in [-0.3, -0.25) is 9.59 Å². The van der Waals surface area contributed by atoms with Crippen molar-refractivity contribution in [3.63, 3.8) is 0 Å². The third-order valence-corrected chi connectivity index (χ3v) is 5.15. The second kappa shape index (κ2) is 11.0. The van der Waals surface area contributed by atoms with Crippen LogP contribution in [0.2, 0.25) is 0 Å². The van der Waals surface area contributed by atoms with E-state index in [1.54, 1.807) is 31.2 Å². The highest BCUT2D eigenvalue weighted by molar-refractivity contribution is 6.39. The first kappa shape index (κ1) is 22.2. The van der Waals surface area contributed by atoms with Gasteiger partial charge in [-0.05, 0) is 19.4 Å². The Morgan fingerprint density at radius 3 is 2.32 bits per heavy atom. The Morgan fingerprint density at radius 2 is 1.68 bits per heavy atom. The van der Waals surface area contributed by atoms with E-state index in [0.29, 0.717) is 17.9 Å². The van der Waals surface area contributed by atoms with Gasteiger partial charge >= 0.3 is 0 Å². The maximum atomic E-state index is 12.7. The first-order valence-corrected chi connectivity index (χ1v) is 10.5. The number of benzene rings is 1. The average Bonchev–Trinajstić information content (AvgIpc) is 2.97. The lowest BCUT2D eigenvalue weighted by molar-refractivity contribution is -0.122. The monoisotopic (exact) mass is 387 g/mol. The van der Waals surface area contributed by atoms with Gasteiger partial charge in [0.2, 0.25) is 5.91 Å². The third kappa shape index (κ3) is 5.44. The fourth-order valence-corrected chi connectivity index (χ4v) is 3.55. The number of carbonyl (C=O) groups is 2. The van der Waals surface area contributed by atoms with E-state index in [0.717, 1.165) is 17.7 Å². The maximum Gasteiger partial charge on any atom is 0.269 e. The number of carbonyl (C=O) groups excluding carboxylic acids is 2. The number of aliphatic hydroxyl groups is 1. The number of para-hydroxylation sites is 1. The molecular formula is C23H33NO4. The zero-order valence-electron chi connectivity index (χ0n) is 17.4. The zero-order chi connectivity index (χ0) is 20.5. The molecule has 1 aromatic carbocycles. The summed E-state index contributed by atoms with van der Waals surface area (Å²) in [6, 6.07) is 7.01. The molecule has 5 heteroatoms. The van der Waals surface area contributed by atoms with E-state index in [1.165, 1.54) is 45.4 Å². The molecule has 0 aromatic heterocycles. The van der Waals surface area contributed by atoms with E-state index in [9.17, 15) is 14.7 Å². The molecule has 0 bridgehead atoms. The molecule has 0 fully saturated rings. The minimum atomic E-state index is -0.594. The molecular weight excluding hydrogens is 354 g/mol. The van der Waals surface area contributed by atoms with Crippen molar-refractivity contribution in [1.29, 1.82) is 0 Å². The number of ether oxygens (including phenoxy) is 1. The molecule has 1 aliphatic rings. The molecule has 0 saturated carbocycles. The number of unbranched alkanes of at least 4 members (excludes halogenated alkanes) is 7.